The Morgan fingerprint density at radius 1 is 1.38 bits per heavy atom. The molecule has 0 saturated heterocycles. The first-order valence-electron chi connectivity index (χ1n) is 5.90. The summed E-state index contributed by atoms with van der Waals surface area (Å²) in [6.07, 6.45) is 0. The molecule has 92 valence electrons. The Labute approximate surface area is 102 Å². The molecule has 0 aromatic carbocycles. The maximum atomic E-state index is 4.01. The van der Waals surface area contributed by atoms with Crippen LogP contribution in [0.1, 0.15) is 31.3 Å². The van der Waals surface area contributed by atoms with Gasteiger partial charge < -0.3 is 10.2 Å². The molecule has 0 spiro atoms. The second-order valence-corrected chi connectivity index (χ2v) is 4.89. The van der Waals surface area contributed by atoms with Crippen molar-refractivity contribution >= 4 is 11.5 Å². The molecule has 4 nitrogen and oxygen atoms in total. The Bertz CT molecular complexity index is 296. The minimum absolute atomic E-state index is 0.501. The van der Waals surface area contributed by atoms with Crippen molar-refractivity contribution in [2.45, 2.75) is 40.3 Å². The minimum atomic E-state index is 0.501. The third-order valence-corrected chi connectivity index (χ3v) is 3.61. The molecule has 0 saturated carbocycles. The van der Waals surface area contributed by atoms with E-state index in [-0.39, 0.29) is 0 Å². The van der Waals surface area contributed by atoms with Gasteiger partial charge in [-0.25, -0.2) is 0 Å². The Morgan fingerprint density at radius 2 is 2.06 bits per heavy atom. The summed E-state index contributed by atoms with van der Waals surface area (Å²) in [5.74, 6) is 0. The quantitative estimate of drug-likeness (QED) is 0.789. The number of hydrogen-bond acceptors (Lipinski definition) is 5. The smallest absolute Gasteiger partial charge is 0.0769 e. The number of hydrogen-bond donors (Lipinski definition) is 1. The molecule has 0 radical (unpaired) electrons. The molecular weight excluding hydrogens is 220 g/mol. The third-order valence-electron chi connectivity index (χ3n) is 2.78. The highest BCUT2D eigenvalue weighted by Crippen LogP contribution is 2.08. The van der Waals surface area contributed by atoms with Gasteiger partial charge in [0.15, 0.2) is 0 Å². The first kappa shape index (κ1) is 13.5. The van der Waals surface area contributed by atoms with Gasteiger partial charge >= 0.3 is 0 Å². The SMILES string of the molecule is CCN(CC)CC(C)NCc1snnc1C. The van der Waals surface area contributed by atoms with Crippen LogP contribution in [0, 0.1) is 6.92 Å². The van der Waals surface area contributed by atoms with Crippen molar-refractivity contribution < 1.29 is 0 Å². The van der Waals surface area contributed by atoms with Crippen LogP contribution in [0.2, 0.25) is 0 Å². The van der Waals surface area contributed by atoms with Crippen molar-refractivity contribution in [2.24, 2.45) is 0 Å². The number of aromatic nitrogens is 2. The maximum absolute atomic E-state index is 4.01. The molecule has 0 aliphatic carbocycles. The second kappa shape index (κ2) is 6.93. The van der Waals surface area contributed by atoms with Crippen LogP contribution >= 0.6 is 11.5 Å². The second-order valence-electron chi connectivity index (χ2n) is 4.05. The fourth-order valence-corrected chi connectivity index (χ4v) is 2.20. The summed E-state index contributed by atoms with van der Waals surface area (Å²) >= 11 is 1.48. The van der Waals surface area contributed by atoms with E-state index in [2.05, 4.69) is 40.6 Å². The molecular formula is C11H22N4S. The molecule has 1 atom stereocenters. The number of nitrogens with zero attached hydrogens (tertiary/aromatic N) is 3. The lowest BCUT2D eigenvalue weighted by molar-refractivity contribution is 0.271. The van der Waals surface area contributed by atoms with Gasteiger partial charge in [-0.1, -0.05) is 18.3 Å². The Balaban J connectivity index is 2.30. The zero-order valence-electron chi connectivity index (χ0n) is 10.7. The largest absolute Gasteiger partial charge is 0.308 e. The van der Waals surface area contributed by atoms with Gasteiger partial charge in [-0.3, -0.25) is 0 Å². The normalized spacial score (nSPS) is 13.3. The molecule has 1 aromatic heterocycles. The van der Waals surface area contributed by atoms with Crippen molar-refractivity contribution in [3.05, 3.63) is 10.6 Å². The van der Waals surface area contributed by atoms with Crippen molar-refractivity contribution in [3.8, 4) is 0 Å². The average molecular weight is 242 g/mol. The minimum Gasteiger partial charge on any atom is -0.308 e. The number of nitrogens with one attached hydrogen (secondary N) is 1. The first-order chi connectivity index (χ1) is 7.67. The summed E-state index contributed by atoms with van der Waals surface area (Å²) in [7, 11) is 0. The number of rotatable bonds is 7. The van der Waals surface area contributed by atoms with E-state index in [1.165, 1.54) is 16.4 Å². The van der Waals surface area contributed by atoms with Crippen LogP contribution in [0.15, 0.2) is 0 Å². The van der Waals surface area contributed by atoms with Gasteiger partial charge in [-0.2, -0.15) is 0 Å². The molecule has 1 rings (SSSR count). The molecule has 16 heavy (non-hydrogen) atoms. The van der Waals surface area contributed by atoms with Crippen LogP contribution < -0.4 is 5.32 Å². The highest BCUT2D eigenvalue weighted by Gasteiger charge is 2.08. The highest BCUT2D eigenvalue weighted by atomic mass is 32.1. The van der Waals surface area contributed by atoms with Crippen molar-refractivity contribution in [3.63, 3.8) is 0 Å². The van der Waals surface area contributed by atoms with E-state index in [9.17, 15) is 0 Å². The predicted octanol–water partition coefficient (Wildman–Crippen LogP) is 1.67. The first-order valence-corrected chi connectivity index (χ1v) is 6.68. The van der Waals surface area contributed by atoms with E-state index < -0.39 is 0 Å². The number of likely N-dealkylation sites (N-methyl/N-ethyl adjacent to an activating group) is 1. The van der Waals surface area contributed by atoms with Gasteiger partial charge in [-0.15, -0.1) is 5.10 Å². The van der Waals surface area contributed by atoms with Crippen molar-refractivity contribution in [1.82, 2.24) is 19.8 Å². The summed E-state index contributed by atoms with van der Waals surface area (Å²) in [5, 5.41) is 7.52. The molecule has 0 aliphatic heterocycles. The molecule has 0 aliphatic rings. The average Bonchev–Trinajstić information content (AvgIpc) is 2.69. The van der Waals surface area contributed by atoms with Gasteiger partial charge in [0.25, 0.3) is 0 Å². The highest BCUT2D eigenvalue weighted by molar-refractivity contribution is 7.05. The maximum Gasteiger partial charge on any atom is 0.0769 e. The van der Waals surface area contributed by atoms with Crippen LogP contribution in [0.4, 0.5) is 0 Å². The van der Waals surface area contributed by atoms with Crippen LogP contribution in [0.5, 0.6) is 0 Å². The zero-order chi connectivity index (χ0) is 12.0. The van der Waals surface area contributed by atoms with Gasteiger partial charge in [0.05, 0.1) is 10.6 Å². The molecule has 5 heteroatoms. The van der Waals surface area contributed by atoms with Gasteiger partial charge in [0.2, 0.25) is 0 Å². The van der Waals surface area contributed by atoms with Crippen LogP contribution in [-0.2, 0) is 6.54 Å². The summed E-state index contributed by atoms with van der Waals surface area (Å²) < 4.78 is 3.93. The Kier molecular flexibility index (Phi) is 5.87. The van der Waals surface area contributed by atoms with E-state index in [1.54, 1.807) is 0 Å². The Hall–Kier alpha value is -0.520. The summed E-state index contributed by atoms with van der Waals surface area (Å²) in [6, 6.07) is 0.501. The molecule has 0 fully saturated rings. The van der Waals surface area contributed by atoms with Crippen molar-refractivity contribution in [2.75, 3.05) is 19.6 Å². The molecule has 1 aromatic rings. The summed E-state index contributed by atoms with van der Waals surface area (Å²) in [4.78, 5) is 3.67. The molecule has 1 N–H and O–H groups in total. The van der Waals surface area contributed by atoms with E-state index in [0.717, 1.165) is 31.9 Å². The van der Waals surface area contributed by atoms with Crippen LogP contribution in [0.25, 0.3) is 0 Å². The van der Waals surface area contributed by atoms with E-state index in [4.69, 9.17) is 0 Å². The Morgan fingerprint density at radius 3 is 2.56 bits per heavy atom. The van der Waals surface area contributed by atoms with Gasteiger partial charge in [0.1, 0.15) is 0 Å². The molecule has 0 amide bonds. The zero-order valence-corrected chi connectivity index (χ0v) is 11.5. The monoisotopic (exact) mass is 242 g/mol. The fourth-order valence-electron chi connectivity index (χ4n) is 1.61. The lowest BCUT2D eigenvalue weighted by atomic mass is 10.3. The van der Waals surface area contributed by atoms with Crippen LogP contribution in [0.3, 0.4) is 0 Å². The lowest BCUT2D eigenvalue weighted by Crippen LogP contribution is -2.38. The number of aryl methyl sites for hydroxylation is 1. The molecule has 1 heterocycles. The van der Waals surface area contributed by atoms with Gasteiger partial charge in [0, 0.05) is 19.1 Å². The van der Waals surface area contributed by atoms with Gasteiger partial charge in [-0.05, 0) is 38.5 Å². The van der Waals surface area contributed by atoms with E-state index >= 15 is 0 Å². The van der Waals surface area contributed by atoms with Crippen molar-refractivity contribution in [1.29, 1.82) is 0 Å². The van der Waals surface area contributed by atoms with E-state index in [1.807, 2.05) is 6.92 Å². The van der Waals surface area contributed by atoms with Crippen LogP contribution in [-0.4, -0.2) is 40.2 Å². The summed E-state index contributed by atoms with van der Waals surface area (Å²) in [5.41, 5.74) is 1.05. The predicted molar refractivity (Wildman–Crippen MR) is 68.7 cm³/mol. The summed E-state index contributed by atoms with van der Waals surface area (Å²) in [6.45, 7) is 12.8. The third kappa shape index (κ3) is 4.15. The van der Waals surface area contributed by atoms with E-state index in [0.29, 0.717) is 6.04 Å². The fraction of sp³-hybridized carbons (Fsp3) is 0.818. The topological polar surface area (TPSA) is 41.0 Å². The molecule has 0 bridgehead atoms. The lowest BCUT2D eigenvalue weighted by Gasteiger charge is -2.23. The molecule has 1 unspecified atom stereocenters. The standard InChI is InChI=1S/C11H22N4S/c1-5-15(6-2)8-9(3)12-7-11-10(4)13-14-16-11/h9,12H,5-8H2,1-4H3.